The van der Waals surface area contributed by atoms with E-state index in [0.29, 0.717) is 12.6 Å². The minimum Gasteiger partial charge on any atom is -0.352 e. The Hall–Kier alpha value is -1.16. The average molecular weight is 218 g/mol. The number of aromatic nitrogens is 2. The standard InChI is InChI=1S/C12H18N4/c13-7-11-12(15-6-5-14-11)16(10-3-4-10)8-9-1-2-9/h5-6,9-10H,1-4,7-8,13H2. The Morgan fingerprint density at radius 3 is 2.56 bits per heavy atom. The molecular formula is C12H18N4. The fraction of sp³-hybridized carbons (Fsp3) is 0.667. The van der Waals surface area contributed by atoms with Gasteiger partial charge >= 0.3 is 0 Å². The number of nitrogens with zero attached hydrogens (tertiary/aromatic N) is 3. The Labute approximate surface area is 95.9 Å². The summed E-state index contributed by atoms with van der Waals surface area (Å²) in [5.41, 5.74) is 6.67. The number of anilines is 1. The minimum absolute atomic E-state index is 0.483. The van der Waals surface area contributed by atoms with Crippen molar-refractivity contribution in [3.63, 3.8) is 0 Å². The molecule has 16 heavy (non-hydrogen) atoms. The van der Waals surface area contributed by atoms with Gasteiger partial charge in [-0.15, -0.1) is 0 Å². The van der Waals surface area contributed by atoms with Gasteiger partial charge in [0.05, 0.1) is 5.69 Å². The van der Waals surface area contributed by atoms with Gasteiger partial charge in [0.15, 0.2) is 5.82 Å². The summed E-state index contributed by atoms with van der Waals surface area (Å²) in [4.78, 5) is 11.2. The van der Waals surface area contributed by atoms with Crippen LogP contribution in [0.15, 0.2) is 12.4 Å². The van der Waals surface area contributed by atoms with Crippen LogP contribution in [0, 0.1) is 5.92 Å². The molecule has 0 unspecified atom stereocenters. The first-order valence-electron chi connectivity index (χ1n) is 6.15. The van der Waals surface area contributed by atoms with Crippen molar-refractivity contribution in [2.75, 3.05) is 11.4 Å². The summed E-state index contributed by atoms with van der Waals surface area (Å²) < 4.78 is 0. The monoisotopic (exact) mass is 218 g/mol. The summed E-state index contributed by atoms with van der Waals surface area (Å²) in [5, 5.41) is 0. The zero-order valence-corrected chi connectivity index (χ0v) is 9.47. The normalized spacial score (nSPS) is 19.8. The van der Waals surface area contributed by atoms with E-state index in [1.807, 2.05) is 0 Å². The second kappa shape index (κ2) is 4.01. The molecule has 86 valence electrons. The van der Waals surface area contributed by atoms with Crippen LogP contribution in [-0.2, 0) is 6.54 Å². The molecule has 1 heterocycles. The summed E-state index contributed by atoms with van der Waals surface area (Å²) in [6, 6.07) is 0.697. The summed E-state index contributed by atoms with van der Waals surface area (Å²) >= 11 is 0. The third kappa shape index (κ3) is 2.02. The van der Waals surface area contributed by atoms with Crippen LogP contribution in [0.3, 0.4) is 0 Å². The predicted molar refractivity (Wildman–Crippen MR) is 63.0 cm³/mol. The Balaban J connectivity index is 1.84. The van der Waals surface area contributed by atoms with Gasteiger partial charge in [-0.25, -0.2) is 4.98 Å². The van der Waals surface area contributed by atoms with Crippen molar-refractivity contribution >= 4 is 5.82 Å². The van der Waals surface area contributed by atoms with Crippen LogP contribution < -0.4 is 10.6 Å². The molecule has 2 aliphatic rings. The van der Waals surface area contributed by atoms with E-state index in [1.54, 1.807) is 12.4 Å². The number of hydrogen-bond donors (Lipinski definition) is 1. The molecule has 0 radical (unpaired) electrons. The topological polar surface area (TPSA) is 55.0 Å². The first-order chi connectivity index (χ1) is 7.88. The van der Waals surface area contributed by atoms with Crippen LogP contribution in [0.1, 0.15) is 31.4 Å². The van der Waals surface area contributed by atoms with E-state index in [2.05, 4.69) is 14.9 Å². The fourth-order valence-electron chi connectivity index (χ4n) is 2.12. The minimum atomic E-state index is 0.483. The zero-order chi connectivity index (χ0) is 11.0. The van der Waals surface area contributed by atoms with Crippen molar-refractivity contribution in [2.24, 2.45) is 11.7 Å². The van der Waals surface area contributed by atoms with Crippen LogP contribution >= 0.6 is 0 Å². The van der Waals surface area contributed by atoms with E-state index in [-0.39, 0.29) is 0 Å². The van der Waals surface area contributed by atoms with E-state index in [9.17, 15) is 0 Å². The average Bonchev–Trinajstić information content (AvgIpc) is 3.16. The van der Waals surface area contributed by atoms with Crippen molar-refractivity contribution in [3.8, 4) is 0 Å². The SMILES string of the molecule is NCc1nccnc1N(CC1CC1)C1CC1. The molecule has 1 aromatic rings. The summed E-state index contributed by atoms with van der Waals surface area (Å²) in [5.74, 6) is 1.91. The summed E-state index contributed by atoms with van der Waals surface area (Å²) in [6.07, 6.45) is 8.86. The maximum absolute atomic E-state index is 5.73. The number of nitrogens with two attached hydrogens (primary N) is 1. The molecule has 2 saturated carbocycles. The molecule has 0 spiro atoms. The smallest absolute Gasteiger partial charge is 0.151 e. The second-order valence-corrected chi connectivity index (χ2v) is 4.86. The number of hydrogen-bond acceptors (Lipinski definition) is 4. The molecule has 1 aromatic heterocycles. The first-order valence-corrected chi connectivity index (χ1v) is 6.15. The Kier molecular flexibility index (Phi) is 2.52. The van der Waals surface area contributed by atoms with Crippen LogP contribution in [0.5, 0.6) is 0 Å². The maximum atomic E-state index is 5.73. The van der Waals surface area contributed by atoms with Gasteiger partial charge in [-0.1, -0.05) is 0 Å². The summed E-state index contributed by atoms with van der Waals surface area (Å²) in [6.45, 7) is 1.63. The molecular weight excluding hydrogens is 200 g/mol. The molecule has 2 N–H and O–H groups in total. The molecule has 0 aliphatic heterocycles. The van der Waals surface area contributed by atoms with Crippen molar-refractivity contribution in [3.05, 3.63) is 18.1 Å². The molecule has 4 heteroatoms. The third-order valence-electron chi connectivity index (χ3n) is 3.36. The van der Waals surface area contributed by atoms with Gasteiger partial charge in [0, 0.05) is 31.5 Å². The second-order valence-electron chi connectivity index (χ2n) is 4.86. The van der Waals surface area contributed by atoms with Crippen molar-refractivity contribution < 1.29 is 0 Å². The van der Waals surface area contributed by atoms with E-state index in [4.69, 9.17) is 5.73 Å². The molecule has 0 aromatic carbocycles. The molecule has 2 aliphatic carbocycles. The van der Waals surface area contributed by atoms with Gasteiger partial charge < -0.3 is 10.6 Å². The third-order valence-corrected chi connectivity index (χ3v) is 3.36. The highest BCUT2D eigenvalue weighted by Gasteiger charge is 2.35. The maximum Gasteiger partial charge on any atom is 0.151 e. The van der Waals surface area contributed by atoms with Crippen LogP contribution in [-0.4, -0.2) is 22.6 Å². The van der Waals surface area contributed by atoms with Gasteiger partial charge in [-0.2, -0.15) is 0 Å². The van der Waals surface area contributed by atoms with E-state index >= 15 is 0 Å². The predicted octanol–water partition coefficient (Wildman–Crippen LogP) is 1.31. The highest BCUT2D eigenvalue weighted by molar-refractivity contribution is 5.45. The molecule has 0 saturated heterocycles. The molecule has 0 amide bonds. The van der Waals surface area contributed by atoms with E-state index < -0.39 is 0 Å². The Morgan fingerprint density at radius 1 is 1.19 bits per heavy atom. The Bertz CT molecular complexity index is 371. The van der Waals surface area contributed by atoms with Crippen LogP contribution in [0.25, 0.3) is 0 Å². The van der Waals surface area contributed by atoms with Gasteiger partial charge in [-0.3, -0.25) is 4.98 Å². The van der Waals surface area contributed by atoms with Crippen molar-refractivity contribution in [2.45, 2.75) is 38.3 Å². The molecule has 2 fully saturated rings. The summed E-state index contributed by atoms with van der Waals surface area (Å²) in [7, 11) is 0. The zero-order valence-electron chi connectivity index (χ0n) is 9.47. The van der Waals surface area contributed by atoms with Crippen molar-refractivity contribution in [1.29, 1.82) is 0 Å². The van der Waals surface area contributed by atoms with Crippen LogP contribution in [0.4, 0.5) is 5.82 Å². The molecule has 4 nitrogen and oxygen atoms in total. The fourth-order valence-corrected chi connectivity index (χ4v) is 2.12. The van der Waals surface area contributed by atoms with Gasteiger partial charge in [-0.05, 0) is 31.6 Å². The molecule has 0 atom stereocenters. The lowest BCUT2D eigenvalue weighted by atomic mass is 10.3. The quantitative estimate of drug-likeness (QED) is 0.809. The molecule has 0 bridgehead atoms. The lowest BCUT2D eigenvalue weighted by Gasteiger charge is -2.24. The number of rotatable bonds is 5. The van der Waals surface area contributed by atoms with Gasteiger partial charge in [0.2, 0.25) is 0 Å². The molecule has 3 rings (SSSR count). The highest BCUT2D eigenvalue weighted by atomic mass is 15.2. The van der Waals surface area contributed by atoms with Crippen LogP contribution in [0.2, 0.25) is 0 Å². The largest absolute Gasteiger partial charge is 0.352 e. The Morgan fingerprint density at radius 2 is 1.94 bits per heavy atom. The van der Waals surface area contributed by atoms with Crippen molar-refractivity contribution in [1.82, 2.24) is 9.97 Å². The lowest BCUT2D eigenvalue weighted by molar-refractivity contribution is 0.699. The lowest BCUT2D eigenvalue weighted by Crippen LogP contribution is -2.30. The van der Waals surface area contributed by atoms with Gasteiger partial charge in [0.1, 0.15) is 0 Å². The first kappa shape index (κ1) is 10.0. The van der Waals surface area contributed by atoms with E-state index in [0.717, 1.165) is 24.0 Å². The van der Waals surface area contributed by atoms with E-state index in [1.165, 1.54) is 25.7 Å². The highest BCUT2D eigenvalue weighted by Crippen LogP contribution is 2.37. The van der Waals surface area contributed by atoms with Gasteiger partial charge in [0.25, 0.3) is 0 Å².